The van der Waals surface area contributed by atoms with Crippen molar-refractivity contribution in [2.24, 2.45) is 28.1 Å². The van der Waals surface area contributed by atoms with Crippen LogP contribution in [0.2, 0.25) is 0 Å². The molecule has 3 amide bonds. The van der Waals surface area contributed by atoms with Crippen molar-refractivity contribution in [2.75, 3.05) is 6.54 Å². The van der Waals surface area contributed by atoms with E-state index < -0.39 is 66.2 Å². The Kier molecular flexibility index (Phi) is 12.7. The standard InChI is InChI=1S/C27H40N8O7/c1-14(2)22(35-23(38)17(28)12-15-13-32-18-7-4-3-6-16(15)18)25(40)33-19(9-10-21(36)37)24(39)34-20(26(41)42)8-5-11-31-27(29)30/h3-4,6-7,13-14,17,19-20,22,32H,5,8-12,28H2,1-2H3,(H,33,40)(H,34,39)(H,35,38)(H,36,37)(H,41,42)(H4,29,30,31). The molecular formula is C27H40N8O7. The predicted octanol–water partition coefficient (Wildman–Crippen LogP) is -0.849. The summed E-state index contributed by atoms with van der Waals surface area (Å²) in [6.45, 7) is 3.50. The van der Waals surface area contributed by atoms with E-state index in [2.05, 4.69) is 25.9 Å². The molecule has 0 aliphatic heterocycles. The molecule has 4 unspecified atom stereocenters. The number of H-pyrrole nitrogens is 1. The highest BCUT2D eigenvalue weighted by atomic mass is 16.4. The average Bonchev–Trinajstić information content (AvgIpc) is 3.32. The quantitative estimate of drug-likeness (QED) is 0.0627. The van der Waals surface area contributed by atoms with E-state index in [1.807, 2.05) is 24.3 Å². The van der Waals surface area contributed by atoms with Crippen molar-refractivity contribution >= 4 is 46.5 Å². The Hall–Kier alpha value is -4.66. The monoisotopic (exact) mass is 588 g/mol. The molecular weight excluding hydrogens is 548 g/mol. The highest BCUT2D eigenvalue weighted by molar-refractivity contribution is 5.94. The SMILES string of the molecule is CC(C)C(NC(=O)C(N)Cc1c[nH]c2ccccc12)C(=O)NC(CCC(=O)O)C(=O)NC(CCCN=C(N)N)C(=O)O. The van der Waals surface area contributed by atoms with Crippen LogP contribution in [0.1, 0.15) is 45.1 Å². The van der Waals surface area contributed by atoms with Gasteiger partial charge in [0.25, 0.3) is 0 Å². The lowest BCUT2D eigenvalue weighted by molar-refractivity contribution is -0.143. The van der Waals surface area contributed by atoms with Crippen LogP contribution in [0.15, 0.2) is 35.5 Å². The van der Waals surface area contributed by atoms with Crippen molar-refractivity contribution in [3.8, 4) is 0 Å². The van der Waals surface area contributed by atoms with Gasteiger partial charge in [-0.05, 0) is 43.2 Å². The number of aromatic amines is 1. The second kappa shape index (κ2) is 16.0. The lowest BCUT2D eigenvalue weighted by atomic mass is 10.00. The van der Waals surface area contributed by atoms with E-state index in [1.54, 1.807) is 20.0 Å². The van der Waals surface area contributed by atoms with Gasteiger partial charge in [-0.25, -0.2) is 4.79 Å². The number of nitrogens with one attached hydrogen (secondary N) is 4. The van der Waals surface area contributed by atoms with Crippen LogP contribution < -0.4 is 33.2 Å². The Morgan fingerprint density at radius 3 is 2.21 bits per heavy atom. The predicted molar refractivity (Wildman–Crippen MR) is 155 cm³/mol. The number of carboxylic acids is 2. The molecule has 0 bridgehead atoms. The van der Waals surface area contributed by atoms with Crippen LogP contribution in [-0.2, 0) is 30.4 Å². The zero-order chi connectivity index (χ0) is 31.4. The fourth-order valence-corrected chi connectivity index (χ4v) is 4.26. The minimum absolute atomic E-state index is 0.0174. The molecule has 0 fully saturated rings. The number of amides is 3. The van der Waals surface area contributed by atoms with Crippen LogP contribution in [0.3, 0.4) is 0 Å². The molecule has 4 atom stereocenters. The maximum absolute atomic E-state index is 13.2. The number of nitrogens with zero attached hydrogens (tertiary/aromatic N) is 1. The molecule has 15 nitrogen and oxygen atoms in total. The number of carbonyl (C=O) groups is 5. The number of hydrogen-bond donors (Lipinski definition) is 9. The van der Waals surface area contributed by atoms with Crippen molar-refractivity contribution in [2.45, 2.75) is 70.1 Å². The number of rotatable bonds is 17. The van der Waals surface area contributed by atoms with E-state index in [9.17, 15) is 29.1 Å². The number of fused-ring (bicyclic) bond motifs is 1. The number of aromatic nitrogens is 1. The largest absolute Gasteiger partial charge is 0.481 e. The number of aliphatic imine (C=N–C) groups is 1. The summed E-state index contributed by atoms with van der Waals surface area (Å²) in [5.41, 5.74) is 18.4. The first kappa shape index (κ1) is 33.5. The van der Waals surface area contributed by atoms with Crippen molar-refractivity contribution in [3.05, 3.63) is 36.0 Å². The Bertz CT molecular complexity index is 1290. The Morgan fingerprint density at radius 2 is 1.60 bits per heavy atom. The van der Waals surface area contributed by atoms with Gasteiger partial charge in [-0.3, -0.25) is 24.2 Å². The summed E-state index contributed by atoms with van der Waals surface area (Å²) in [6.07, 6.45) is 1.39. The fourth-order valence-electron chi connectivity index (χ4n) is 4.26. The molecule has 0 aliphatic rings. The number of nitrogens with two attached hydrogens (primary N) is 3. The zero-order valence-electron chi connectivity index (χ0n) is 23.6. The summed E-state index contributed by atoms with van der Waals surface area (Å²) in [6, 6.07) is 2.73. The van der Waals surface area contributed by atoms with E-state index in [-0.39, 0.29) is 38.2 Å². The van der Waals surface area contributed by atoms with Gasteiger partial charge in [-0.15, -0.1) is 0 Å². The number of para-hydroxylation sites is 1. The first-order valence-electron chi connectivity index (χ1n) is 13.5. The van der Waals surface area contributed by atoms with Crippen molar-refractivity contribution in [1.29, 1.82) is 0 Å². The molecule has 2 aromatic rings. The molecule has 1 aromatic carbocycles. The molecule has 0 radical (unpaired) electrons. The van der Waals surface area contributed by atoms with Crippen LogP contribution in [0.25, 0.3) is 10.9 Å². The summed E-state index contributed by atoms with van der Waals surface area (Å²) in [4.78, 5) is 69.0. The third-order valence-electron chi connectivity index (χ3n) is 6.54. The zero-order valence-corrected chi connectivity index (χ0v) is 23.6. The molecule has 230 valence electrons. The van der Waals surface area contributed by atoms with E-state index in [1.165, 1.54) is 0 Å². The van der Waals surface area contributed by atoms with Crippen LogP contribution in [0.4, 0.5) is 0 Å². The van der Waals surface area contributed by atoms with Crippen molar-refractivity contribution in [3.63, 3.8) is 0 Å². The Labute approximate surface area is 242 Å². The number of carbonyl (C=O) groups excluding carboxylic acids is 3. The number of carboxylic acid groups (broad SMARTS) is 2. The van der Waals surface area contributed by atoms with E-state index in [0.717, 1.165) is 16.5 Å². The minimum atomic E-state index is -1.38. The van der Waals surface area contributed by atoms with Gasteiger partial charge in [-0.1, -0.05) is 32.0 Å². The normalized spacial score (nSPS) is 13.9. The molecule has 0 saturated heterocycles. The van der Waals surface area contributed by atoms with Gasteiger partial charge >= 0.3 is 11.9 Å². The fraction of sp³-hybridized carbons (Fsp3) is 0.481. The van der Waals surface area contributed by atoms with Gasteiger partial charge in [0.2, 0.25) is 17.7 Å². The second-order valence-electron chi connectivity index (χ2n) is 10.2. The summed E-state index contributed by atoms with van der Waals surface area (Å²) in [7, 11) is 0. The lowest BCUT2D eigenvalue weighted by Crippen LogP contribution is -2.58. The van der Waals surface area contributed by atoms with Gasteiger partial charge in [-0.2, -0.15) is 0 Å². The average molecular weight is 589 g/mol. The summed E-state index contributed by atoms with van der Waals surface area (Å²) >= 11 is 0. The third-order valence-corrected chi connectivity index (χ3v) is 6.54. The maximum Gasteiger partial charge on any atom is 0.326 e. The van der Waals surface area contributed by atoms with Gasteiger partial charge in [0, 0.05) is 30.1 Å². The van der Waals surface area contributed by atoms with E-state index >= 15 is 0 Å². The summed E-state index contributed by atoms with van der Waals surface area (Å²) in [5, 5.41) is 27.0. The Balaban J connectivity index is 2.09. The minimum Gasteiger partial charge on any atom is -0.481 e. The second-order valence-corrected chi connectivity index (χ2v) is 10.2. The number of guanidine groups is 1. The summed E-state index contributed by atoms with van der Waals surface area (Å²) in [5.74, 6) is -5.36. The molecule has 0 spiro atoms. The molecule has 0 saturated carbocycles. The van der Waals surface area contributed by atoms with Crippen LogP contribution >= 0.6 is 0 Å². The number of hydrogen-bond acceptors (Lipinski definition) is 7. The van der Waals surface area contributed by atoms with Gasteiger partial charge < -0.3 is 48.3 Å². The first-order valence-corrected chi connectivity index (χ1v) is 13.5. The molecule has 0 aliphatic carbocycles. The molecule has 42 heavy (non-hydrogen) atoms. The summed E-state index contributed by atoms with van der Waals surface area (Å²) < 4.78 is 0. The van der Waals surface area contributed by atoms with E-state index in [0.29, 0.717) is 0 Å². The topological polar surface area (TPSA) is 268 Å². The molecule has 1 heterocycles. The molecule has 12 N–H and O–H groups in total. The third kappa shape index (κ3) is 10.4. The van der Waals surface area contributed by atoms with Gasteiger partial charge in [0.1, 0.15) is 18.1 Å². The van der Waals surface area contributed by atoms with E-state index in [4.69, 9.17) is 22.3 Å². The highest BCUT2D eigenvalue weighted by Gasteiger charge is 2.32. The maximum atomic E-state index is 13.2. The molecule has 2 rings (SSSR count). The van der Waals surface area contributed by atoms with Gasteiger partial charge in [0.15, 0.2) is 5.96 Å². The molecule has 1 aromatic heterocycles. The van der Waals surface area contributed by atoms with Crippen LogP contribution in [-0.4, -0.2) is 81.5 Å². The smallest absolute Gasteiger partial charge is 0.326 e. The van der Waals surface area contributed by atoms with Crippen LogP contribution in [0.5, 0.6) is 0 Å². The van der Waals surface area contributed by atoms with Crippen molar-refractivity contribution in [1.82, 2.24) is 20.9 Å². The highest BCUT2D eigenvalue weighted by Crippen LogP contribution is 2.19. The molecule has 15 heteroatoms. The number of benzene rings is 1. The van der Waals surface area contributed by atoms with Crippen LogP contribution in [0, 0.1) is 5.92 Å². The van der Waals surface area contributed by atoms with Gasteiger partial charge in [0.05, 0.1) is 6.04 Å². The first-order chi connectivity index (χ1) is 19.8. The van der Waals surface area contributed by atoms with Crippen molar-refractivity contribution < 1.29 is 34.2 Å². The Morgan fingerprint density at radius 1 is 0.929 bits per heavy atom. The number of aliphatic carboxylic acids is 2. The lowest BCUT2D eigenvalue weighted by Gasteiger charge is -2.27.